The van der Waals surface area contributed by atoms with Gasteiger partial charge in [-0.2, -0.15) is 4.98 Å². The summed E-state index contributed by atoms with van der Waals surface area (Å²) in [7, 11) is 0. The molecule has 2 N–H and O–H groups in total. The molecule has 1 aliphatic rings. The molecule has 2 aromatic rings. The van der Waals surface area contributed by atoms with E-state index in [1.165, 1.54) is 0 Å². The Morgan fingerprint density at radius 1 is 1.42 bits per heavy atom. The Morgan fingerprint density at radius 2 is 2.26 bits per heavy atom. The molecule has 0 spiro atoms. The van der Waals surface area contributed by atoms with Crippen LogP contribution >= 0.6 is 11.6 Å². The highest BCUT2D eigenvalue weighted by Crippen LogP contribution is 2.23. The summed E-state index contributed by atoms with van der Waals surface area (Å²) in [4.78, 5) is 4.35. The summed E-state index contributed by atoms with van der Waals surface area (Å²) in [5.41, 5.74) is 0.968. The molecule has 0 radical (unpaired) electrons. The van der Waals surface area contributed by atoms with Crippen molar-refractivity contribution in [2.24, 2.45) is 0 Å². The maximum Gasteiger partial charge on any atom is 0.243 e. The Labute approximate surface area is 115 Å². The van der Waals surface area contributed by atoms with E-state index in [0.717, 1.165) is 5.56 Å². The van der Waals surface area contributed by atoms with E-state index in [0.29, 0.717) is 36.1 Å². The molecule has 2 atom stereocenters. The number of rotatable bonds is 3. The summed E-state index contributed by atoms with van der Waals surface area (Å²) in [6.07, 6.45) is 0.801. The first-order chi connectivity index (χ1) is 9.22. The zero-order valence-electron chi connectivity index (χ0n) is 10.2. The standard InChI is InChI=1S/C13H14ClN3O2/c14-10-4-2-1-3-8(10)5-12-16-13(19-17-12)11-6-9(18)7-15-11/h1-4,9,11,15,18H,5-7H2. The van der Waals surface area contributed by atoms with Gasteiger partial charge >= 0.3 is 0 Å². The summed E-state index contributed by atoms with van der Waals surface area (Å²) < 4.78 is 5.23. The van der Waals surface area contributed by atoms with Gasteiger partial charge in [0, 0.05) is 18.0 Å². The molecule has 0 saturated carbocycles. The molecule has 1 aromatic heterocycles. The maximum atomic E-state index is 9.47. The SMILES string of the molecule is OC1CNC(c2nc(Cc3ccccc3Cl)no2)C1. The molecule has 1 aliphatic heterocycles. The number of β-amino-alcohol motifs (C(OH)–C–C–N with tert-alkyl or cyclic N) is 1. The van der Waals surface area contributed by atoms with Gasteiger partial charge < -0.3 is 14.9 Å². The van der Waals surface area contributed by atoms with Gasteiger partial charge in [-0.1, -0.05) is 35.0 Å². The monoisotopic (exact) mass is 279 g/mol. The van der Waals surface area contributed by atoms with Crippen LogP contribution in [0.4, 0.5) is 0 Å². The third-order valence-electron chi connectivity index (χ3n) is 3.20. The van der Waals surface area contributed by atoms with Gasteiger partial charge in [0.05, 0.1) is 12.1 Å². The van der Waals surface area contributed by atoms with Crippen LogP contribution in [0.3, 0.4) is 0 Å². The van der Waals surface area contributed by atoms with Crippen LogP contribution in [0.5, 0.6) is 0 Å². The molecule has 100 valence electrons. The molecule has 2 unspecified atom stereocenters. The molecule has 0 amide bonds. The lowest BCUT2D eigenvalue weighted by Crippen LogP contribution is -2.15. The van der Waals surface area contributed by atoms with Gasteiger partial charge in [-0.15, -0.1) is 0 Å². The van der Waals surface area contributed by atoms with Crippen molar-refractivity contribution in [3.8, 4) is 0 Å². The number of nitrogens with zero attached hydrogens (tertiary/aromatic N) is 2. The van der Waals surface area contributed by atoms with E-state index in [1.807, 2.05) is 24.3 Å². The molecule has 6 heteroatoms. The molecule has 1 aromatic carbocycles. The molecular weight excluding hydrogens is 266 g/mol. The number of nitrogens with one attached hydrogen (secondary N) is 1. The highest BCUT2D eigenvalue weighted by Gasteiger charge is 2.28. The molecule has 1 fully saturated rings. The van der Waals surface area contributed by atoms with Crippen LogP contribution in [0.15, 0.2) is 28.8 Å². The van der Waals surface area contributed by atoms with Crippen molar-refractivity contribution in [1.82, 2.24) is 15.5 Å². The predicted octanol–water partition coefficient (Wildman–Crippen LogP) is 1.71. The second kappa shape index (κ2) is 5.28. The lowest BCUT2D eigenvalue weighted by molar-refractivity contribution is 0.191. The highest BCUT2D eigenvalue weighted by molar-refractivity contribution is 6.31. The van der Waals surface area contributed by atoms with Crippen molar-refractivity contribution >= 4 is 11.6 Å². The fourth-order valence-corrected chi connectivity index (χ4v) is 2.40. The summed E-state index contributed by atoms with van der Waals surface area (Å²) in [5, 5.41) is 17.3. The number of aliphatic hydroxyl groups excluding tert-OH is 1. The number of halogens is 1. The number of benzene rings is 1. The van der Waals surface area contributed by atoms with Gasteiger partial charge in [0.1, 0.15) is 0 Å². The maximum absolute atomic E-state index is 9.47. The third kappa shape index (κ3) is 2.78. The first kappa shape index (κ1) is 12.6. The Bertz CT molecular complexity index is 573. The summed E-state index contributed by atoms with van der Waals surface area (Å²) in [5.74, 6) is 1.13. The van der Waals surface area contributed by atoms with E-state index >= 15 is 0 Å². The average Bonchev–Trinajstić information content (AvgIpc) is 3.01. The van der Waals surface area contributed by atoms with E-state index in [9.17, 15) is 5.11 Å². The Balaban J connectivity index is 1.73. The smallest absolute Gasteiger partial charge is 0.243 e. The van der Waals surface area contributed by atoms with Crippen molar-refractivity contribution in [3.63, 3.8) is 0 Å². The van der Waals surface area contributed by atoms with Crippen molar-refractivity contribution in [1.29, 1.82) is 0 Å². The van der Waals surface area contributed by atoms with Crippen LogP contribution in [-0.2, 0) is 6.42 Å². The van der Waals surface area contributed by atoms with Crippen LogP contribution in [0.1, 0.15) is 29.7 Å². The predicted molar refractivity (Wildman–Crippen MR) is 69.9 cm³/mol. The molecule has 5 nitrogen and oxygen atoms in total. The van der Waals surface area contributed by atoms with Crippen LogP contribution < -0.4 is 5.32 Å². The molecule has 1 saturated heterocycles. The van der Waals surface area contributed by atoms with Gasteiger partial charge in [-0.05, 0) is 18.1 Å². The minimum absolute atomic E-state index is 0.0532. The van der Waals surface area contributed by atoms with Gasteiger partial charge in [-0.3, -0.25) is 0 Å². The van der Waals surface area contributed by atoms with Gasteiger partial charge in [0.2, 0.25) is 5.89 Å². The van der Waals surface area contributed by atoms with Crippen molar-refractivity contribution in [3.05, 3.63) is 46.6 Å². The van der Waals surface area contributed by atoms with E-state index in [4.69, 9.17) is 16.1 Å². The van der Waals surface area contributed by atoms with Crippen molar-refractivity contribution < 1.29 is 9.63 Å². The minimum atomic E-state index is -0.344. The second-order valence-electron chi connectivity index (χ2n) is 4.67. The van der Waals surface area contributed by atoms with Crippen LogP contribution in [0.2, 0.25) is 5.02 Å². The Morgan fingerprint density at radius 3 is 3.00 bits per heavy atom. The quantitative estimate of drug-likeness (QED) is 0.895. The van der Waals surface area contributed by atoms with Crippen LogP contribution in [0.25, 0.3) is 0 Å². The van der Waals surface area contributed by atoms with Gasteiger partial charge in [-0.25, -0.2) is 0 Å². The van der Waals surface area contributed by atoms with E-state index in [2.05, 4.69) is 15.5 Å². The van der Waals surface area contributed by atoms with Crippen LogP contribution in [0, 0.1) is 0 Å². The lowest BCUT2D eigenvalue weighted by Gasteiger charge is -2.01. The summed E-state index contributed by atoms with van der Waals surface area (Å²) >= 11 is 6.10. The van der Waals surface area contributed by atoms with Gasteiger partial charge in [0.25, 0.3) is 0 Å². The van der Waals surface area contributed by atoms with E-state index in [1.54, 1.807) is 0 Å². The number of aliphatic hydroxyl groups is 1. The fraction of sp³-hybridized carbons (Fsp3) is 0.385. The topological polar surface area (TPSA) is 71.2 Å². The van der Waals surface area contributed by atoms with Crippen molar-refractivity contribution in [2.75, 3.05) is 6.54 Å². The number of hydrogen-bond donors (Lipinski definition) is 2. The molecular formula is C13H14ClN3O2. The van der Waals surface area contributed by atoms with E-state index in [-0.39, 0.29) is 12.1 Å². The zero-order valence-corrected chi connectivity index (χ0v) is 11.0. The third-order valence-corrected chi connectivity index (χ3v) is 3.56. The molecule has 2 heterocycles. The normalized spacial score (nSPS) is 22.8. The number of aromatic nitrogens is 2. The first-order valence-electron chi connectivity index (χ1n) is 6.19. The molecule has 3 rings (SSSR count). The summed E-state index contributed by atoms with van der Waals surface area (Å²) in [6.45, 7) is 0.562. The van der Waals surface area contributed by atoms with Crippen LogP contribution in [-0.4, -0.2) is 27.9 Å². The number of hydrogen-bond acceptors (Lipinski definition) is 5. The molecule has 19 heavy (non-hydrogen) atoms. The van der Waals surface area contributed by atoms with Gasteiger partial charge in [0.15, 0.2) is 5.82 Å². The second-order valence-corrected chi connectivity index (χ2v) is 5.07. The largest absolute Gasteiger partial charge is 0.392 e. The van der Waals surface area contributed by atoms with Crippen molar-refractivity contribution in [2.45, 2.75) is 25.0 Å². The lowest BCUT2D eigenvalue weighted by atomic mass is 10.1. The Hall–Kier alpha value is -1.43. The zero-order chi connectivity index (χ0) is 13.2. The first-order valence-corrected chi connectivity index (χ1v) is 6.57. The fourth-order valence-electron chi connectivity index (χ4n) is 2.20. The molecule has 0 aliphatic carbocycles. The van der Waals surface area contributed by atoms with E-state index < -0.39 is 0 Å². The summed E-state index contributed by atoms with van der Waals surface area (Å²) in [6, 6.07) is 7.54. The molecule has 0 bridgehead atoms. The Kier molecular flexibility index (Phi) is 3.50. The minimum Gasteiger partial charge on any atom is -0.392 e. The average molecular weight is 280 g/mol. The highest BCUT2D eigenvalue weighted by atomic mass is 35.5.